The fraction of sp³-hybridized carbons (Fsp3) is 0.636. The molecule has 0 amide bonds. The molecule has 0 saturated carbocycles. The van der Waals surface area contributed by atoms with E-state index in [9.17, 15) is 4.79 Å². The van der Waals surface area contributed by atoms with Crippen LogP contribution in [0.3, 0.4) is 0 Å². The van der Waals surface area contributed by atoms with Crippen LogP contribution in [0.2, 0.25) is 0 Å². The molecule has 0 aromatic carbocycles. The molecule has 1 fully saturated rings. The predicted octanol–water partition coefficient (Wildman–Crippen LogP) is 2.06. The number of aromatic nitrogens is 2. The van der Waals surface area contributed by atoms with Crippen LogP contribution >= 0.6 is 22.6 Å². The summed E-state index contributed by atoms with van der Waals surface area (Å²) in [6.45, 7) is 3.89. The molecule has 1 N–H and O–H groups in total. The van der Waals surface area contributed by atoms with E-state index in [1.54, 1.807) is 0 Å². The van der Waals surface area contributed by atoms with Gasteiger partial charge in [-0.1, -0.05) is 12.8 Å². The average Bonchev–Trinajstić information content (AvgIpc) is 2.53. The maximum absolute atomic E-state index is 11.7. The number of aromatic amines is 1. The Bertz CT molecular complexity index is 422. The number of nitrogens with zero attached hydrogens (tertiary/aromatic N) is 2. The molecular formula is C11H16IN3O. The zero-order chi connectivity index (χ0) is 11.5. The molecule has 1 aromatic heterocycles. The predicted molar refractivity (Wildman–Crippen MR) is 73.0 cm³/mol. The van der Waals surface area contributed by atoms with E-state index in [4.69, 9.17) is 0 Å². The third kappa shape index (κ3) is 2.56. The van der Waals surface area contributed by atoms with E-state index in [1.807, 2.05) is 29.5 Å². The van der Waals surface area contributed by atoms with Crippen LogP contribution in [0.5, 0.6) is 0 Å². The van der Waals surface area contributed by atoms with Gasteiger partial charge in [0.1, 0.15) is 0 Å². The summed E-state index contributed by atoms with van der Waals surface area (Å²) < 4.78 is 0.691. The molecule has 16 heavy (non-hydrogen) atoms. The highest BCUT2D eigenvalue weighted by molar-refractivity contribution is 14.1. The van der Waals surface area contributed by atoms with E-state index in [1.165, 1.54) is 25.7 Å². The smallest absolute Gasteiger partial charge is 0.265 e. The second-order valence-corrected chi connectivity index (χ2v) is 5.27. The molecule has 2 heterocycles. The van der Waals surface area contributed by atoms with Gasteiger partial charge in [0.2, 0.25) is 5.95 Å². The van der Waals surface area contributed by atoms with Crippen LogP contribution in [0.1, 0.15) is 31.4 Å². The molecule has 0 spiro atoms. The highest BCUT2D eigenvalue weighted by Crippen LogP contribution is 2.15. The number of rotatable bonds is 1. The van der Waals surface area contributed by atoms with Crippen molar-refractivity contribution in [1.29, 1.82) is 0 Å². The van der Waals surface area contributed by atoms with Gasteiger partial charge in [0, 0.05) is 13.1 Å². The van der Waals surface area contributed by atoms with Crippen LogP contribution in [-0.4, -0.2) is 23.1 Å². The number of aryl methyl sites for hydroxylation is 1. The lowest BCUT2D eigenvalue weighted by molar-refractivity contribution is 0.726. The number of nitrogens with one attached hydrogen (secondary N) is 1. The van der Waals surface area contributed by atoms with Crippen LogP contribution in [0, 0.1) is 10.5 Å². The van der Waals surface area contributed by atoms with Crippen molar-refractivity contribution in [3.8, 4) is 0 Å². The van der Waals surface area contributed by atoms with Gasteiger partial charge >= 0.3 is 0 Å². The van der Waals surface area contributed by atoms with Gasteiger partial charge in [-0.2, -0.15) is 0 Å². The first-order chi connectivity index (χ1) is 7.68. The van der Waals surface area contributed by atoms with Gasteiger partial charge in [0.15, 0.2) is 0 Å². The minimum absolute atomic E-state index is 0.0210. The Morgan fingerprint density at radius 3 is 2.44 bits per heavy atom. The van der Waals surface area contributed by atoms with Gasteiger partial charge in [-0.15, -0.1) is 0 Å². The summed E-state index contributed by atoms with van der Waals surface area (Å²) in [6.07, 6.45) is 4.94. The molecule has 0 atom stereocenters. The quantitative estimate of drug-likeness (QED) is 0.801. The van der Waals surface area contributed by atoms with Crippen LogP contribution in [-0.2, 0) is 0 Å². The van der Waals surface area contributed by atoms with E-state index >= 15 is 0 Å². The van der Waals surface area contributed by atoms with Gasteiger partial charge in [-0.25, -0.2) is 4.98 Å². The summed E-state index contributed by atoms with van der Waals surface area (Å²) in [5.41, 5.74) is 0.802. The number of H-pyrrole nitrogens is 1. The summed E-state index contributed by atoms with van der Waals surface area (Å²) in [5.74, 6) is 0.741. The SMILES string of the molecule is Cc1nc(N2CCCCCC2)[nH]c(=O)c1I. The van der Waals surface area contributed by atoms with Crippen molar-refractivity contribution < 1.29 is 0 Å². The third-order valence-corrected chi connectivity index (χ3v) is 4.19. The zero-order valence-electron chi connectivity index (χ0n) is 9.42. The van der Waals surface area contributed by atoms with Crippen molar-refractivity contribution in [3.63, 3.8) is 0 Å². The molecule has 88 valence electrons. The number of anilines is 1. The van der Waals surface area contributed by atoms with Gasteiger partial charge in [0.25, 0.3) is 5.56 Å². The largest absolute Gasteiger partial charge is 0.342 e. The summed E-state index contributed by atoms with van der Waals surface area (Å²) in [7, 11) is 0. The Labute approximate surface area is 109 Å². The summed E-state index contributed by atoms with van der Waals surface area (Å²) in [5, 5.41) is 0. The Morgan fingerprint density at radius 1 is 1.25 bits per heavy atom. The topological polar surface area (TPSA) is 49.0 Å². The lowest BCUT2D eigenvalue weighted by Crippen LogP contribution is -2.29. The molecule has 5 heteroatoms. The maximum atomic E-state index is 11.7. The monoisotopic (exact) mass is 333 g/mol. The molecule has 0 bridgehead atoms. The molecule has 0 aliphatic carbocycles. The molecule has 1 aliphatic heterocycles. The van der Waals surface area contributed by atoms with E-state index in [0.717, 1.165) is 24.7 Å². The zero-order valence-corrected chi connectivity index (χ0v) is 11.6. The first kappa shape index (κ1) is 11.9. The highest BCUT2D eigenvalue weighted by atomic mass is 127. The number of halogens is 1. The van der Waals surface area contributed by atoms with E-state index < -0.39 is 0 Å². The summed E-state index contributed by atoms with van der Waals surface area (Å²) >= 11 is 2.04. The minimum Gasteiger partial charge on any atom is -0.342 e. The van der Waals surface area contributed by atoms with Crippen LogP contribution < -0.4 is 10.5 Å². The molecule has 4 nitrogen and oxygen atoms in total. The van der Waals surface area contributed by atoms with Gasteiger partial charge in [-0.3, -0.25) is 9.78 Å². The van der Waals surface area contributed by atoms with Gasteiger partial charge < -0.3 is 4.90 Å². The minimum atomic E-state index is -0.0210. The first-order valence-corrected chi connectivity index (χ1v) is 6.78. The van der Waals surface area contributed by atoms with Crippen molar-refractivity contribution in [2.24, 2.45) is 0 Å². The van der Waals surface area contributed by atoms with Crippen molar-refractivity contribution in [3.05, 3.63) is 19.6 Å². The van der Waals surface area contributed by atoms with Crippen LogP contribution in [0.4, 0.5) is 5.95 Å². The third-order valence-electron chi connectivity index (χ3n) is 2.92. The van der Waals surface area contributed by atoms with E-state index in [2.05, 4.69) is 14.9 Å². The van der Waals surface area contributed by atoms with Crippen LogP contribution in [0.25, 0.3) is 0 Å². The molecule has 1 saturated heterocycles. The fourth-order valence-electron chi connectivity index (χ4n) is 1.99. The number of hydrogen-bond donors (Lipinski definition) is 1. The molecule has 1 aliphatic rings. The van der Waals surface area contributed by atoms with Crippen molar-refractivity contribution >= 4 is 28.5 Å². The van der Waals surface area contributed by atoms with Gasteiger partial charge in [-0.05, 0) is 42.4 Å². The van der Waals surface area contributed by atoms with Gasteiger partial charge in [0.05, 0.1) is 9.26 Å². The van der Waals surface area contributed by atoms with Crippen molar-refractivity contribution in [1.82, 2.24) is 9.97 Å². The maximum Gasteiger partial charge on any atom is 0.265 e. The standard InChI is InChI=1S/C11H16IN3O/c1-8-9(12)10(16)14-11(13-8)15-6-4-2-3-5-7-15/h2-7H2,1H3,(H,13,14,16). The fourth-order valence-corrected chi connectivity index (χ4v) is 2.24. The van der Waals surface area contributed by atoms with Crippen LogP contribution in [0.15, 0.2) is 4.79 Å². The average molecular weight is 333 g/mol. The summed E-state index contributed by atoms with van der Waals surface area (Å²) in [4.78, 5) is 21.2. The first-order valence-electron chi connectivity index (χ1n) is 5.70. The Morgan fingerprint density at radius 2 is 1.88 bits per heavy atom. The normalized spacial score (nSPS) is 17.2. The van der Waals surface area contributed by atoms with E-state index in [-0.39, 0.29) is 5.56 Å². The lowest BCUT2D eigenvalue weighted by Gasteiger charge is -2.20. The Hall–Kier alpha value is -0.590. The molecule has 0 unspecified atom stereocenters. The molecular weight excluding hydrogens is 317 g/mol. The second kappa shape index (κ2) is 5.16. The Balaban J connectivity index is 2.28. The lowest BCUT2D eigenvalue weighted by atomic mass is 10.2. The second-order valence-electron chi connectivity index (χ2n) is 4.19. The van der Waals surface area contributed by atoms with Crippen molar-refractivity contribution in [2.45, 2.75) is 32.6 Å². The molecule has 2 rings (SSSR count). The summed E-state index contributed by atoms with van der Waals surface area (Å²) in [6, 6.07) is 0. The molecule has 1 aromatic rings. The van der Waals surface area contributed by atoms with E-state index in [0.29, 0.717) is 3.57 Å². The Kier molecular flexibility index (Phi) is 3.83. The van der Waals surface area contributed by atoms with Crippen molar-refractivity contribution in [2.75, 3.05) is 18.0 Å². The highest BCUT2D eigenvalue weighted by Gasteiger charge is 2.13. The number of hydrogen-bond acceptors (Lipinski definition) is 3. The molecule has 0 radical (unpaired) electrons.